The maximum absolute atomic E-state index is 14.2. The lowest BCUT2D eigenvalue weighted by atomic mass is 10.1. The Balaban J connectivity index is 2.15. The first-order valence-electron chi connectivity index (χ1n) is 13.1. The minimum atomic E-state index is -4.23. The van der Waals surface area contributed by atoms with E-state index in [0.29, 0.717) is 26.2 Å². The number of anilines is 1. The first-order chi connectivity index (χ1) is 19.3. The molecule has 0 aromatic heterocycles. The van der Waals surface area contributed by atoms with Crippen LogP contribution in [0.1, 0.15) is 43.9 Å². The summed E-state index contributed by atoms with van der Waals surface area (Å²) in [6.45, 7) is 8.26. The van der Waals surface area contributed by atoms with Crippen molar-refractivity contribution in [2.45, 2.75) is 64.6 Å². The van der Waals surface area contributed by atoms with Crippen molar-refractivity contribution in [2.75, 3.05) is 10.8 Å². The van der Waals surface area contributed by atoms with Gasteiger partial charge < -0.3 is 10.2 Å². The zero-order chi connectivity index (χ0) is 30.5. The van der Waals surface area contributed by atoms with Gasteiger partial charge in [0.2, 0.25) is 11.8 Å². The Morgan fingerprint density at radius 3 is 2.00 bits per heavy atom. The Hall–Kier alpha value is -2.78. The van der Waals surface area contributed by atoms with Gasteiger partial charge in [0.05, 0.1) is 10.6 Å². The van der Waals surface area contributed by atoms with Crippen molar-refractivity contribution in [1.82, 2.24) is 10.2 Å². The molecule has 0 unspecified atom stereocenters. The molecule has 3 aromatic rings. The number of hydrogen-bond acceptors (Lipinski definition) is 4. The van der Waals surface area contributed by atoms with Gasteiger partial charge in [0, 0.05) is 33.2 Å². The zero-order valence-corrected chi connectivity index (χ0v) is 26.7. The molecule has 0 saturated heterocycles. The van der Waals surface area contributed by atoms with Gasteiger partial charge in [-0.1, -0.05) is 71.6 Å². The predicted molar refractivity (Wildman–Crippen MR) is 166 cm³/mol. The number of amides is 2. The largest absolute Gasteiger partial charge is 0.352 e. The number of nitrogens with one attached hydrogen (secondary N) is 1. The summed E-state index contributed by atoms with van der Waals surface area (Å²) in [7, 11) is -4.23. The summed E-state index contributed by atoms with van der Waals surface area (Å²) in [5, 5.41) is 3.85. The third-order valence-corrected chi connectivity index (χ3v) is 9.49. The van der Waals surface area contributed by atoms with Gasteiger partial charge in [0.1, 0.15) is 12.6 Å². The van der Waals surface area contributed by atoms with E-state index < -0.39 is 28.5 Å². The van der Waals surface area contributed by atoms with E-state index >= 15 is 0 Å². The van der Waals surface area contributed by atoms with E-state index in [9.17, 15) is 18.0 Å². The molecule has 3 rings (SSSR count). The standard InChI is InChI=1S/C30H34Cl3N3O4S/c1-6-27(30(38)34-19(2)3)35(17-23-25(32)10-7-11-26(23)33)29(37)18-36(28-12-8-9-24(31)21(28)5)41(39,40)22-15-13-20(4)14-16-22/h7-16,19,27H,6,17-18H2,1-5H3,(H,34,38)/t27-/m1/s1. The SMILES string of the molecule is CC[C@H](C(=O)NC(C)C)N(Cc1c(Cl)cccc1Cl)C(=O)CN(c1cccc(Cl)c1C)S(=O)(=O)c1ccc(C)cc1. The molecular weight excluding hydrogens is 605 g/mol. The van der Waals surface area contributed by atoms with Crippen LogP contribution >= 0.6 is 34.8 Å². The normalized spacial score (nSPS) is 12.2. The monoisotopic (exact) mass is 637 g/mol. The average Bonchev–Trinajstić information content (AvgIpc) is 2.90. The fraction of sp³-hybridized carbons (Fsp3) is 0.333. The van der Waals surface area contributed by atoms with E-state index in [1.807, 2.05) is 20.8 Å². The van der Waals surface area contributed by atoms with Crippen molar-refractivity contribution in [1.29, 1.82) is 0 Å². The van der Waals surface area contributed by atoms with Gasteiger partial charge >= 0.3 is 0 Å². The van der Waals surface area contributed by atoms with Gasteiger partial charge in [-0.15, -0.1) is 0 Å². The summed E-state index contributed by atoms with van der Waals surface area (Å²) in [6, 6.07) is 15.1. The molecule has 0 aliphatic rings. The highest BCUT2D eigenvalue weighted by Crippen LogP contribution is 2.32. The lowest BCUT2D eigenvalue weighted by Crippen LogP contribution is -2.53. The van der Waals surface area contributed by atoms with Crippen LogP contribution in [0.15, 0.2) is 65.6 Å². The average molecular weight is 639 g/mol. The van der Waals surface area contributed by atoms with Gasteiger partial charge in [-0.3, -0.25) is 13.9 Å². The Bertz CT molecular complexity index is 1490. The Labute approximate surface area is 257 Å². The predicted octanol–water partition coefficient (Wildman–Crippen LogP) is 6.79. The van der Waals surface area contributed by atoms with Crippen LogP contribution in [0, 0.1) is 13.8 Å². The summed E-state index contributed by atoms with van der Waals surface area (Å²) in [6.07, 6.45) is 0.271. The van der Waals surface area contributed by atoms with Crippen LogP contribution in [0.4, 0.5) is 5.69 Å². The van der Waals surface area contributed by atoms with E-state index in [1.165, 1.54) is 17.0 Å². The summed E-state index contributed by atoms with van der Waals surface area (Å²) >= 11 is 19.3. The number of sulfonamides is 1. The van der Waals surface area contributed by atoms with Gasteiger partial charge in [-0.25, -0.2) is 8.42 Å². The maximum atomic E-state index is 14.2. The molecule has 2 amide bonds. The molecule has 0 bridgehead atoms. The minimum absolute atomic E-state index is 0.0144. The molecule has 1 N–H and O–H groups in total. The molecule has 7 nitrogen and oxygen atoms in total. The Morgan fingerprint density at radius 1 is 0.878 bits per heavy atom. The molecule has 0 spiro atoms. The van der Waals surface area contributed by atoms with Crippen molar-refractivity contribution in [3.63, 3.8) is 0 Å². The maximum Gasteiger partial charge on any atom is 0.264 e. The lowest BCUT2D eigenvalue weighted by Gasteiger charge is -2.34. The number of benzene rings is 3. The first-order valence-corrected chi connectivity index (χ1v) is 15.7. The van der Waals surface area contributed by atoms with Crippen LogP contribution in [0.2, 0.25) is 15.1 Å². The minimum Gasteiger partial charge on any atom is -0.352 e. The van der Waals surface area contributed by atoms with E-state index in [-0.39, 0.29) is 35.5 Å². The molecule has 11 heteroatoms. The third kappa shape index (κ3) is 7.74. The third-order valence-electron chi connectivity index (χ3n) is 6.60. The first kappa shape index (κ1) is 32.7. The number of carbonyl (C=O) groups excluding carboxylic acids is 2. The number of hydrogen-bond donors (Lipinski definition) is 1. The van der Waals surface area contributed by atoms with Crippen molar-refractivity contribution in [3.05, 3.63) is 92.4 Å². The van der Waals surface area contributed by atoms with Gasteiger partial charge in [0.25, 0.3) is 10.0 Å². The highest BCUT2D eigenvalue weighted by Gasteiger charge is 2.35. The number of aryl methyl sites for hydroxylation is 1. The van der Waals surface area contributed by atoms with Gasteiger partial charge in [0.15, 0.2) is 0 Å². The highest BCUT2D eigenvalue weighted by atomic mass is 35.5. The molecule has 0 aliphatic heterocycles. The molecule has 1 atom stereocenters. The summed E-state index contributed by atoms with van der Waals surface area (Å²) in [5.41, 5.74) is 2.08. The molecule has 0 radical (unpaired) electrons. The van der Waals surface area contributed by atoms with Crippen LogP contribution in [-0.2, 0) is 26.2 Å². The molecule has 41 heavy (non-hydrogen) atoms. The Kier molecular flexibility index (Phi) is 11.1. The van der Waals surface area contributed by atoms with Crippen molar-refractivity contribution >= 4 is 62.3 Å². The van der Waals surface area contributed by atoms with E-state index in [2.05, 4.69) is 5.32 Å². The molecule has 0 heterocycles. The van der Waals surface area contributed by atoms with E-state index in [4.69, 9.17) is 34.8 Å². The van der Waals surface area contributed by atoms with Crippen molar-refractivity contribution in [3.8, 4) is 0 Å². The molecule has 0 fully saturated rings. The molecule has 3 aromatic carbocycles. The van der Waals surface area contributed by atoms with Crippen LogP contribution in [-0.4, -0.2) is 43.8 Å². The second kappa shape index (κ2) is 13.9. The fourth-order valence-electron chi connectivity index (χ4n) is 4.37. The molecule has 0 saturated carbocycles. The highest BCUT2D eigenvalue weighted by molar-refractivity contribution is 7.92. The van der Waals surface area contributed by atoms with E-state index in [1.54, 1.807) is 62.4 Å². The molecular formula is C30H34Cl3N3O4S. The van der Waals surface area contributed by atoms with Crippen LogP contribution in [0.5, 0.6) is 0 Å². The zero-order valence-electron chi connectivity index (χ0n) is 23.6. The van der Waals surface area contributed by atoms with Crippen molar-refractivity contribution in [2.24, 2.45) is 0 Å². The Morgan fingerprint density at radius 2 is 1.44 bits per heavy atom. The second-order valence-electron chi connectivity index (χ2n) is 10.0. The number of carbonyl (C=O) groups is 2. The fourth-order valence-corrected chi connectivity index (χ4v) is 6.53. The summed E-state index contributed by atoms with van der Waals surface area (Å²) < 4.78 is 29.1. The second-order valence-corrected chi connectivity index (χ2v) is 13.1. The van der Waals surface area contributed by atoms with Crippen molar-refractivity contribution < 1.29 is 18.0 Å². The molecule has 220 valence electrons. The summed E-state index contributed by atoms with van der Waals surface area (Å²) in [4.78, 5) is 28.8. The number of halogens is 3. The molecule has 0 aliphatic carbocycles. The lowest BCUT2D eigenvalue weighted by molar-refractivity contribution is -0.140. The van der Waals surface area contributed by atoms with E-state index in [0.717, 1.165) is 9.87 Å². The topological polar surface area (TPSA) is 86.8 Å². The van der Waals surface area contributed by atoms with Gasteiger partial charge in [-0.05, 0) is 76.1 Å². The smallest absolute Gasteiger partial charge is 0.264 e. The van der Waals surface area contributed by atoms with Crippen LogP contribution in [0.25, 0.3) is 0 Å². The number of nitrogens with zero attached hydrogens (tertiary/aromatic N) is 2. The quantitative estimate of drug-likeness (QED) is 0.251. The van der Waals surface area contributed by atoms with Gasteiger partial charge in [-0.2, -0.15) is 0 Å². The number of rotatable bonds is 11. The summed E-state index contributed by atoms with van der Waals surface area (Å²) in [5.74, 6) is -0.979. The van der Waals surface area contributed by atoms with Crippen LogP contribution < -0.4 is 9.62 Å². The van der Waals surface area contributed by atoms with Crippen LogP contribution in [0.3, 0.4) is 0 Å².